The summed E-state index contributed by atoms with van der Waals surface area (Å²) < 4.78 is 1.62. The van der Waals surface area contributed by atoms with Crippen LogP contribution in [0.1, 0.15) is 10.4 Å². The van der Waals surface area contributed by atoms with E-state index >= 15 is 0 Å². The third-order valence-corrected chi connectivity index (χ3v) is 4.13. The molecule has 8 heteroatoms. The molecule has 0 spiro atoms. The number of nitrogens with zero attached hydrogens (tertiary/aromatic N) is 4. The summed E-state index contributed by atoms with van der Waals surface area (Å²) in [7, 11) is 0. The number of aromatic nitrogens is 4. The Balaban J connectivity index is 1.37. The second-order valence-electron chi connectivity index (χ2n) is 5.99. The molecule has 28 heavy (non-hydrogen) atoms. The first kappa shape index (κ1) is 17.3. The summed E-state index contributed by atoms with van der Waals surface area (Å²) in [5, 5.41) is 10.2. The first-order chi connectivity index (χ1) is 13.7. The van der Waals surface area contributed by atoms with Gasteiger partial charge in [0, 0.05) is 22.8 Å². The average molecular weight is 372 g/mol. The maximum Gasteiger partial charge on any atom is 0.252 e. The Bertz CT molecular complexity index is 1120. The zero-order chi connectivity index (χ0) is 19.3. The second kappa shape index (κ2) is 7.67. The number of amides is 2. The molecule has 4 rings (SSSR count). The summed E-state index contributed by atoms with van der Waals surface area (Å²) >= 11 is 0. The van der Waals surface area contributed by atoms with E-state index in [9.17, 15) is 9.59 Å². The van der Waals surface area contributed by atoms with E-state index in [1.165, 1.54) is 6.33 Å². The fourth-order valence-electron chi connectivity index (χ4n) is 2.80. The number of pyridine rings is 1. The molecule has 2 amide bonds. The molecule has 2 aromatic heterocycles. The molecule has 0 aliphatic rings. The van der Waals surface area contributed by atoms with E-state index in [4.69, 9.17) is 0 Å². The van der Waals surface area contributed by atoms with Crippen LogP contribution in [0.4, 0.5) is 5.69 Å². The van der Waals surface area contributed by atoms with Crippen molar-refractivity contribution in [2.24, 2.45) is 0 Å². The maximum atomic E-state index is 12.5. The van der Waals surface area contributed by atoms with Crippen LogP contribution in [0, 0.1) is 0 Å². The fourth-order valence-corrected chi connectivity index (χ4v) is 2.80. The summed E-state index contributed by atoms with van der Waals surface area (Å²) in [4.78, 5) is 32.7. The molecule has 0 aliphatic heterocycles. The van der Waals surface area contributed by atoms with Crippen molar-refractivity contribution in [2.75, 3.05) is 11.9 Å². The number of benzene rings is 2. The zero-order valence-corrected chi connectivity index (χ0v) is 14.7. The number of rotatable bonds is 5. The van der Waals surface area contributed by atoms with Crippen molar-refractivity contribution in [1.82, 2.24) is 25.1 Å². The number of anilines is 1. The number of nitrogens with one attached hydrogen (secondary N) is 2. The second-order valence-corrected chi connectivity index (χ2v) is 5.99. The van der Waals surface area contributed by atoms with E-state index in [0.29, 0.717) is 11.3 Å². The van der Waals surface area contributed by atoms with Crippen molar-refractivity contribution in [3.8, 4) is 5.69 Å². The quantitative estimate of drug-likeness (QED) is 0.559. The predicted octanol–water partition coefficient (Wildman–Crippen LogP) is 2.18. The zero-order valence-electron chi connectivity index (χ0n) is 14.7. The van der Waals surface area contributed by atoms with Gasteiger partial charge in [0.2, 0.25) is 5.91 Å². The van der Waals surface area contributed by atoms with Gasteiger partial charge >= 0.3 is 0 Å². The molecule has 4 aromatic rings. The van der Waals surface area contributed by atoms with E-state index in [-0.39, 0.29) is 18.4 Å². The third-order valence-electron chi connectivity index (χ3n) is 4.13. The third kappa shape index (κ3) is 3.70. The number of hydrogen-bond acceptors (Lipinski definition) is 5. The molecule has 2 heterocycles. The molecule has 0 radical (unpaired) electrons. The fraction of sp³-hybridized carbons (Fsp3) is 0.0500. The molecule has 0 aliphatic carbocycles. The van der Waals surface area contributed by atoms with Crippen molar-refractivity contribution in [3.63, 3.8) is 0 Å². The molecule has 138 valence electrons. The SMILES string of the molecule is O=C(CNC(=O)c1cccc2ncccc12)Nc1ccc(-n2cncn2)cc1. The Labute approximate surface area is 160 Å². The minimum Gasteiger partial charge on any atom is -0.343 e. The summed E-state index contributed by atoms with van der Waals surface area (Å²) in [6, 6.07) is 16.0. The highest BCUT2D eigenvalue weighted by molar-refractivity contribution is 6.07. The summed E-state index contributed by atoms with van der Waals surface area (Å²) in [5.41, 5.74) is 2.66. The van der Waals surface area contributed by atoms with Crippen molar-refractivity contribution < 1.29 is 9.59 Å². The van der Waals surface area contributed by atoms with Gasteiger partial charge < -0.3 is 10.6 Å². The van der Waals surface area contributed by atoms with E-state index in [0.717, 1.165) is 16.6 Å². The lowest BCUT2D eigenvalue weighted by molar-refractivity contribution is -0.115. The van der Waals surface area contributed by atoms with Gasteiger partial charge in [-0.25, -0.2) is 9.67 Å². The highest BCUT2D eigenvalue weighted by Gasteiger charge is 2.11. The molecule has 0 saturated heterocycles. The Morgan fingerprint density at radius 2 is 1.86 bits per heavy atom. The highest BCUT2D eigenvalue weighted by atomic mass is 16.2. The van der Waals surface area contributed by atoms with E-state index in [2.05, 4.69) is 25.7 Å². The van der Waals surface area contributed by atoms with Gasteiger partial charge in [0.1, 0.15) is 12.7 Å². The molecular weight excluding hydrogens is 356 g/mol. The average Bonchev–Trinajstić information content (AvgIpc) is 3.27. The van der Waals surface area contributed by atoms with Gasteiger partial charge in [-0.3, -0.25) is 14.6 Å². The summed E-state index contributed by atoms with van der Waals surface area (Å²) in [5.74, 6) is -0.643. The van der Waals surface area contributed by atoms with Crippen LogP contribution >= 0.6 is 0 Å². The van der Waals surface area contributed by atoms with Crippen molar-refractivity contribution in [1.29, 1.82) is 0 Å². The number of hydrogen-bond donors (Lipinski definition) is 2. The van der Waals surface area contributed by atoms with Gasteiger partial charge in [0.15, 0.2) is 0 Å². The van der Waals surface area contributed by atoms with Crippen molar-refractivity contribution >= 4 is 28.4 Å². The van der Waals surface area contributed by atoms with Crippen LogP contribution in [0.25, 0.3) is 16.6 Å². The Morgan fingerprint density at radius 3 is 2.64 bits per heavy atom. The lowest BCUT2D eigenvalue weighted by atomic mass is 10.1. The molecule has 0 saturated carbocycles. The van der Waals surface area contributed by atoms with Crippen LogP contribution in [0.2, 0.25) is 0 Å². The van der Waals surface area contributed by atoms with Crippen molar-refractivity contribution in [3.05, 3.63) is 79.0 Å². The van der Waals surface area contributed by atoms with Crippen LogP contribution in [0.3, 0.4) is 0 Å². The number of fused-ring (bicyclic) bond motifs is 1. The molecule has 8 nitrogen and oxygen atoms in total. The highest BCUT2D eigenvalue weighted by Crippen LogP contribution is 2.16. The topological polar surface area (TPSA) is 102 Å². The summed E-state index contributed by atoms with van der Waals surface area (Å²) in [6.07, 6.45) is 4.71. The molecule has 0 bridgehead atoms. The molecule has 2 N–H and O–H groups in total. The lowest BCUT2D eigenvalue weighted by Crippen LogP contribution is -2.32. The van der Waals surface area contributed by atoms with E-state index in [1.807, 2.05) is 24.3 Å². The Hall–Kier alpha value is -4.07. The van der Waals surface area contributed by atoms with Crippen LogP contribution in [0.5, 0.6) is 0 Å². The van der Waals surface area contributed by atoms with Gasteiger partial charge in [0.05, 0.1) is 17.7 Å². The standard InChI is InChI=1S/C20H16N6O2/c27-19(25-14-6-8-15(9-7-14)26-13-21-12-24-26)11-23-20(28)17-3-1-5-18-16(17)4-2-10-22-18/h1-10,12-13H,11H2,(H,23,28)(H,25,27). The van der Waals surface area contributed by atoms with Gasteiger partial charge in [0.25, 0.3) is 5.91 Å². The van der Waals surface area contributed by atoms with Gasteiger partial charge in [-0.15, -0.1) is 0 Å². The van der Waals surface area contributed by atoms with Crippen LogP contribution in [-0.2, 0) is 4.79 Å². The first-order valence-electron chi connectivity index (χ1n) is 8.57. The van der Waals surface area contributed by atoms with Gasteiger partial charge in [-0.05, 0) is 42.5 Å². The normalized spacial score (nSPS) is 10.6. The largest absolute Gasteiger partial charge is 0.343 e. The number of carbonyl (C=O) groups excluding carboxylic acids is 2. The molecule has 2 aromatic carbocycles. The molecule has 0 atom stereocenters. The van der Waals surface area contributed by atoms with E-state index in [1.54, 1.807) is 47.5 Å². The van der Waals surface area contributed by atoms with Crippen LogP contribution in [0.15, 0.2) is 73.4 Å². The smallest absolute Gasteiger partial charge is 0.252 e. The summed E-state index contributed by atoms with van der Waals surface area (Å²) in [6.45, 7) is -0.139. The molecular formula is C20H16N6O2. The molecule has 0 unspecified atom stereocenters. The minimum absolute atomic E-state index is 0.139. The Kier molecular flexibility index (Phi) is 4.75. The minimum atomic E-state index is -0.324. The Morgan fingerprint density at radius 1 is 1.00 bits per heavy atom. The van der Waals surface area contributed by atoms with Gasteiger partial charge in [-0.1, -0.05) is 12.1 Å². The van der Waals surface area contributed by atoms with E-state index < -0.39 is 0 Å². The van der Waals surface area contributed by atoms with Crippen LogP contribution < -0.4 is 10.6 Å². The molecule has 0 fully saturated rings. The van der Waals surface area contributed by atoms with Crippen molar-refractivity contribution in [2.45, 2.75) is 0 Å². The maximum absolute atomic E-state index is 12.5. The predicted molar refractivity (Wildman–Crippen MR) is 104 cm³/mol. The monoisotopic (exact) mass is 372 g/mol. The first-order valence-corrected chi connectivity index (χ1v) is 8.57. The number of carbonyl (C=O) groups is 2. The van der Waals surface area contributed by atoms with Gasteiger partial charge in [-0.2, -0.15) is 5.10 Å². The van der Waals surface area contributed by atoms with Crippen LogP contribution in [-0.4, -0.2) is 38.1 Å². The lowest BCUT2D eigenvalue weighted by Gasteiger charge is -2.09.